The van der Waals surface area contributed by atoms with Crippen molar-refractivity contribution in [1.82, 2.24) is 9.80 Å². The number of fused-ring (bicyclic) bond motifs is 3. The van der Waals surface area contributed by atoms with Crippen LogP contribution in [-0.2, 0) is 16.0 Å². The lowest BCUT2D eigenvalue weighted by molar-refractivity contribution is -0.147. The minimum Gasteiger partial charge on any atom is -0.375 e. The van der Waals surface area contributed by atoms with E-state index in [1.54, 1.807) is 9.80 Å². The number of rotatable bonds is 3. The number of carbonyl (C=O) groups is 2. The average Bonchev–Trinajstić information content (AvgIpc) is 2.90. The predicted octanol–water partition coefficient (Wildman–Crippen LogP) is 2.89. The van der Waals surface area contributed by atoms with Gasteiger partial charge in [-0.2, -0.15) is 0 Å². The lowest BCUT2D eigenvalue weighted by Crippen LogP contribution is -2.53. The van der Waals surface area contributed by atoms with Crippen molar-refractivity contribution >= 4 is 17.5 Å². The molecule has 0 saturated carbocycles. The smallest absolute Gasteiger partial charge is 0.264 e. The average molecular weight is 380 g/mol. The SMILES string of the molecule is C=CCC1(O)C(=O)N2C(=C1C(=O)N1CCCCC1)c1ccccc1CC2(C)C. The first-order chi connectivity index (χ1) is 13.3. The quantitative estimate of drug-likeness (QED) is 0.821. The number of hydrogen-bond acceptors (Lipinski definition) is 3. The van der Waals surface area contributed by atoms with Crippen LogP contribution in [0.15, 0.2) is 42.5 Å². The summed E-state index contributed by atoms with van der Waals surface area (Å²) in [6.45, 7) is 9.04. The van der Waals surface area contributed by atoms with Crippen molar-refractivity contribution in [3.8, 4) is 0 Å². The molecule has 0 aromatic heterocycles. The number of carbonyl (C=O) groups excluding carboxylic acids is 2. The van der Waals surface area contributed by atoms with Gasteiger partial charge in [0.15, 0.2) is 5.60 Å². The zero-order chi connectivity index (χ0) is 20.1. The number of benzene rings is 1. The maximum absolute atomic E-state index is 13.6. The second kappa shape index (κ2) is 6.59. The van der Waals surface area contributed by atoms with E-state index in [0.29, 0.717) is 25.2 Å². The Labute approximate surface area is 166 Å². The Kier molecular flexibility index (Phi) is 4.46. The van der Waals surface area contributed by atoms with E-state index in [1.807, 2.05) is 38.1 Å². The summed E-state index contributed by atoms with van der Waals surface area (Å²) in [7, 11) is 0. The summed E-state index contributed by atoms with van der Waals surface area (Å²) >= 11 is 0. The fraction of sp³-hybridized carbons (Fsp3) is 0.478. The molecule has 1 aromatic rings. The van der Waals surface area contributed by atoms with Gasteiger partial charge in [-0.3, -0.25) is 9.59 Å². The third-order valence-corrected chi connectivity index (χ3v) is 6.23. The highest BCUT2D eigenvalue weighted by Gasteiger charge is 2.59. The Bertz CT molecular complexity index is 880. The number of nitrogens with zero attached hydrogens (tertiary/aromatic N) is 2. The first-order valence-corrected chi connectivity index (χ1v) is 10.1. The van der Waals surface area contributed by atoms with Crippen LogP contribution in [0.2, 0.25) is 0 Å². The molecular weight excluding hydrogens is 352 g/mol. The highest BCUT2D eigenvalue weighted by atomic mass is 16.3. The van der Waals surface area contributed by atoms with Crippen LogP contribution >= 0.6 is 0 Å². The van der Waals surface area contributed by atoms with Gasteiger partial charge in [0.1, 0.15) is 0 Å². The van der Waals surface area contributed by atoms with Gasteiger partial charge in [0.2, 0.25) is 0 Å². The molecule has 2 amide bonds. The van der Waals surface area contributed by atoms with Crippen LogP contribution in [0.4, 0.5) is 0 Å². The Morgan fingerprint density at radius 2 is 1.89 bits per heavy atom. The predicted molar refractivity (Wildman–Crippen MR) is 108 cm³/mol. The molecule has 0 spiro atoms. The van der Waals surface area contributed by atoms with Gasteiger partial charge in [-0.1, -0.05) is 30.3 Å². The highest BCUT2D eigenvalue weighted by molar-refractivity contribution is 6.17. The van der Waals surface area contributed by atoms with Crippen LogP contribution in [0.25, 0.3) is 5.70 Å². The molecule has 3 aliphatic rings. The molecular formula is C23H28N2O3. The van der Waals surface area contributed by atoms with E-state index in [0.717, 1.165) is 30.4 Å². The molecule has 28 heavy (non-hydrogen) atoms. The first-order valence-electron chi connectivity index (χ1n) is 10.1. The molecule has 148 valence electrons. The van der Waals surface area contributed by atoms with E-state index >= 15 is 0 Å². The normalized spacial score (nSPS) is 26.2. The Hall–Kier alpha value is -2.40. The number of likely N-dealkylation sites (tertiary alicyclic amines) is 1. The van der Waals surface area contributed by atoms with Gasteiger partial charge in [0.25, 0.3) is 11.8 Å². The van der Waals surface area contributed by atoms with Gasteiger partial charge < -0.3 is 14.9 Å². The van der Waals surface area contributed by atoms with Crippen molar-refractivity contribution in [3.63, 3.8) is 0 Å². The molecule has 1 aromatic carbocycles. The molecule has 1 fully saturated rings. The fourth-order valence-electron chi connectivity index (χ4n) is 4.92. The third kappa shape index (κ3) is 2.64. The Balaban J connectivity index is 1.97. The molecule has 0 aliphatic carbocycles. The van der Waals surface area contributed by atoms with Crippen LogP contribution < -0.4 is 0 Å². The molecule has 3 heterocycles. The van der Waals surface area contributed by atoms with E-state index < -0.39 is 17.0 Å². The molecule has 3 aliphatic heterocycles. The van der Waals surface area contributed by atoms with Crippen LogP contribution in [-0.4, -0.2) is 51.0 Å². The maximum atomic E-state index is 13.6. The first kappa shape index (κ1) is 18.9. The van der Waals surface area contributed by atoms with E-state index in [-0.39, 0.29) is 17.9 Å². The topological polar surface area (TPSA) is 60.9 Å². The third-order valence-electron chi connectivity index (χ3n) is 6.23. The minimum atomic E-state index is -1.86. The molecule has 5 heteroatoms. The summed E-state index contributed by atoms with van der Waals surface area (Å²) in [6.07, 6.45) is 5.24. The summed E-state index contributed by atoms with van der Waals surface area (Å²) < 4.78 is 0. The second-order valence-electron chi connectivity index (χ2n) is 8.72. The van der Waals surface area contributed by atoms with Gasteiger partial charge in [-0.25, -0.2) is 0 Å². The van der Waals surface area contributed by atoms with Crippen molar-refractivity contribution in [1.29, 1.82) is 0 Å². The molecule has 1 atom stereocenters. The van der Waals surface area contributed by atoms with E-state index in [4.69, 9.17) is 0 Å². The van der Waals surface area contributed by atoms with Crippen molar-refractivity contribution < 1.29 is 14.7 Å². The van der Waals surface area contributed by atoms with Gasteiger partial charge in [-0.05, 0) is 45.1 Å². The van der Waals surface area contributed by atoms with Crippen LogP contribution in [0.3, 0.4) is 0 Å². The molecule has 0 radical (unpaired) electrons. The molecule has 4 rings (SSSR count). The summed E-state index contributed by atoms with van der Waals surface area (Å²) in [5, 5.41) is 11.5. The van der Waals surface area contributed by atoms with Crippen molar-refractivity contribution in [2.24, 2.45) is 0 Å². The number of aliphatic hydroxyl groups is 1. The van der Waals surface area contributed by atoms with Crippen LogP contribution in [0, 0.1) is 0 Å². The van der Waals surface area contributed by atoms with Crippen molar-refractivity contribution in [2.75, 3.05) is 13.1 Å². The van der Waals surface area contributed by atoms with E-state index in [1.165, 1.54) is 6.08 Å². The number of piperidine rings is 1. The molecule has 1 unspecified atom stereocenters. The summed E-state index contributed by atoms with van der Waals surface area (Å²) in [5.74, 6) is -0.635. The summed E-state index contributed by atoms with van der Waals surface area (Å²) in [4.78, 5) is 30.6. The van der Waals surface area contributed by atoms with Gasteiger partial charge in [0, 0.05) is 30.6 Å². The second-order valence-corrected chi connectivity index (χ2v) is 8.72. The summed E-state index contributed by atoms with van der Waals surface area (Å²) in [5.41, 5.74) is 0.380. The molecule has 1 N–H and O–H groups in total. The fourth-order valence-corrected chi connectivity index (χ4v) is 4.92. The largest absolute Gasteiger partial charge is 0.375 e. The van der Waals surface area contributed by atoms with Gasteiger partial charge in [-0.15, -0.1) is 6.58 Å². The molecule has 0 bridgehead atoms. The monoisotopic (exact) mass is 380 g/mol. The minimum absolute atomic E-state index is 0.0268. The van der Waals surface area contributed by atoms with E-state index in [2.05, 4.69) is 6.58 Å². The lowest BCUT2D eigenvalue weighted by Gasteiger charge is -2.43. The van der Waals surface area contributed by atoms with Crippen LogP contribution in [0.1, 0.15) is 50.7 Å². The van der Waals surface area contributed by atoms with Crippen molar-refractivity contribution in [2.45, 2.75) is 57.1 Å². The van der Waals surface area contributed by atoms with Crippen molar-refractivity contribution in [3.05, 3.63) is 53.6 Å². The Morgan fingerprint density at radius 3 is 2.57 bits per heavy atom. The number of amides is 2. The molecule has 1 saturated heterocycles. The summed E-state index contributed by atoms with van der Waals surface area (Å²) in [6, 6.07) is 7.88. The zero-order valence-corrected chi connectivity index (χ0v) is 16.7. The van der Waals surface area contributed by atoms with Crippen LogP contribution in [0.5, 0.6) is 0 Å². The van der Waals surface area contributed by atoms with E-state index in [9.17, 15) is 14.7 Å². The highest BCUT2D eigenvalue weighted by Crippen LogP contribution is 2.49. The standard InChI is InChI=1S/C23H28N2O3/c1-4-12-23(28)18(20(26)24-13-8-5-9-14-24)19-17-11-7-6-10-16(17)15-22(2,3)25(19)21(23)27/h4,6-7,10-11,28H,1,5,8-9,12-15H2,2-3H3. The Morgan fingerprint density at radius 1 is 1.21 bits per heavy atom. The lowest BCUT2D eigenvalue weighted by atomic mass is 9.83. The maximum Gasteiger partial charge on any atom is 0.264 e. The zero-order valence-electron chi connectivity index (χ0n) is 16.7. The molecule has 5 nitrogen and oxygen atoms in total. The number of hydrogen-bond donors (Lipinski definition) is 1. The van der Waals surface area contributed by atoms with Gasteiger partial charge >= 0.3 is 0 Å². The van der Waals surface area contributed by atoms with Gasteiger partial charge in [0.05, 0.1) is 11.3 Å².